The molecule has 9 heteroatoms. The number of amides is 2. The molecule has 0 saturated carbocycles. The summed E-state index contributed by atoms with van der Waals surface area (Å²) in [5.74, 6) is 2.72. The molecule has 1 fully saturated rings. The minimum Gasteiger partial charge on any atom is -0.496 e. The predicted molar refractivity (Wildman–Crippen MR) is 126 cm³/mol. The Balaban J connectivity index is 1.35. The van der Waals surface area contributed by atoms with E-state index in [1.807, 2.05) is 36.4 Å². The van der Waals surface area contributed by atoms with Crippen molar-refractivity contribution in [2.75, 3.05) is 57.7 Å². The predicted octanol–water partition coefficient (Wildman–Crippen LogP) is 3.52. The van der Waals surface area contributed by atoms with Crippen LogP contribution in [0.5, 0.6) is 17.2 Å². The number of hydrogen-bond acceptors (Lipinski definition) is 7. The molecule has 1 aliphatic rings. The van der Waals surface area contributed by atoms with Crippen molar-refractivity contribution in [3.05, 3.63) is 54.6 Å². The van der Waals surface area contributed by atoms with Gasteiger partial charge in [0.1, 0.15) is 5.75 Å². The standard InChI is InChI=1S/C24H27N5O4/c1-31-20-7-5-4-6-18(20)19-9-11-23(27-26-19)28-12-14-29(15-13-28)24(30)25-17-8-10-21(32-2)22(16-17)33-3/h4-11,16H,12-15H2,1-3H3,(H,25,30). The number of piperazine rings is 1. The lowest BCUT2D eigenvalue weighted by molar-refractivity contribution is 0.208. The number of aromatic nitrogens is 2. The molecule has 2 heterocycles. The van der Waals surface area contributed by atoms with E-state index in [1.54, 1.807) is 44.4 Å². The molecule has 33 heavy (non-hydrogen) atoms. The Kier molecular flexibility index (Phi) is 6.77. The fraction of sp³-hybridized carbons (Fsp3) is 0.292. The first-order chi connectivity index (χ1) is 16.1. The van der Waals surface area contributed by atoms with Gasteiger partial charge in [-0.2, -0.15) is 0 Å². The van der Waals surface area contributed by atoms with E-state index in [1.165, 1.54) is 0 Å². The van der Waals surface area contributed by atoms with Gasteiger partial charge < -0.3 is 29.3 Å². The van der Waals surface area contributed by atoms with Crippen LogP contribution in [-0.4, -0.2) is 68.6 Å². The maximum absolute atomic E-state index is 12.7. The molecule has 1 N–H and O–H groups in total. The smallest absolute Gasteiger partial charge is 0.321 e. The molecule has 0 bridgehead atoms. The summed E-state index contributed by atoms with van der Waals surface area (Å²) < 4.78 is 16.0. The maximum atomic E-state index is 12.7. The van der Waals surface area contributed by atoms with E-state index in [0.29, 0.717) is 43.4 Å². The van der Waals surface area contributed by atoms with E-state index in [-0.39, 0.29) is 6.03 Å². The van der Waals surface area contributed by atoms with E-state index in [2.05, 4.69) is 20.4 Å². The molecule has 9 nitrogen and oxygen atoms in total. The second-order valence-electron chi connectivity index (χ2n) is 7.45. The van der Waals surface area contributed by atoms with Crippen molar-refractivity contribution in [2.24, 2.45) is 0 Å². The highest BCUT2D eigenvalue weighted by molar-refractivity contribution is 5.90. The number of ether oxygens (including phenoxy) is 3. The number of nitrogens with one attached hydrogen (secondary N) is 1. The van der Waals surface area contributed by atoms with E-state index < -0.39 is 0 Å². The summed E-state index contributed by atoms with van der Waals surface area (Å²) in [6.07, 6.45) is 0. The van der Waals surface area contributed by atoms with Crippen LogP contribution in [0, 0.1) is 0 Å². The zero-order valence-corrected chi connectivity index (χ0v) is 18.9. The van der Waals surface area contributed by atoms with Crippen LogP contribution in [0.2, 0.25) is 0 Å². The number of benzene rings is 2. The molecule has 1 aromatic heterocycles. The summed E-state index contributed by atoms with van der Waals surface area (Å²) in [6, 6.07) is 16.8. The Labute approximate surface area is 192 Å². The molecule has 0 aliphatic carbocycles. The van der Waals surface area contributed by atoms with E-state index in [4.69, 9.17) is 14.2 Å². The average Bonchev–Trinajstić information content (AvgIpc) is 2.88. The molecule has 4 rings (SSSR count). The summed E-state index contributed by atoms with van der Waals surface area (Å²) in [5, 5.41) is 11.7. The fourth-order valence-corrected chi connectivity index (χ4v) is 3.75. The third kappa shape index (κ3) is 4.92. The van der Waals surface area contributed by atoms with Crippen LogP contribution in [0.15, 0.2) is 54.6 Å². The average molecular weight is 450 g/mol. The third-order valence-corrected chi connectivity index (χ3v) is 5.56. The van der Waals surface area contributed by atoms with Crippen LogP contribution in [-0.2, 0) is 0 Å². The van der Waals surface area contributed by atoms with Crippen LogP contribution in [0.25, 0.3) is 11.3 Å². The molecule has 0 unspecified atom stereocenters. The Morgan fingerprint density at radius 3 is 2.21 bits per heavy atom. The van der Waals surface area contributed by atoms with Gasteiger partial charge in [-0.25, -0.2) is 4.79 Å². The van der Waals surface area contributed by atoms with Gasteiger partial charge in [0.25, 0.3) is 0 Å². The quantitative estimate of drug-likeness (QED) is 0.616. The first-order valence-electron chi connectivity index (χ1n) is 10.6. The minimum atomic E-state index is -0.153. The van der Waals surface area contributed by atoms with Crippen LogP contribution >= 0.6 is 0 Å². The van der Waals surface area contributed by atoms with Crippen molar-refractivity contribution in [3.8, 4) is 28.5 Å². The Morgan fingerprint density at radius 1 is 0.818 bits per heavy atom. The van der Waals surface area contributed by atoms with Gasteiger partial charge in [-0.15, -0.1) is 10.2 Å². The van der Waals surface area contributed by atoms with Crippen LogP contribution < -0.4 is 24.4 Å². The third-order valence-electron chi connectivity index (χ3n) is 5.56. The van der Waals surface area contributed by atoms with Gasteiger partial charge in [-0.1, -0.05) is 12.1 Å². The number of anilines is 2. The van der Waals surface area contributed by atoms with Gasteiger partial charge in [0, 0.05) is 43.5 Å². The number of nitrogens with zero attached hydrogens (tertiary/aromatic N) is 4. The second kappa shape index (κ2) is 10.1. The lowest BCUT2D eigenvalue weighted by Crippen LogP contribution is -2.50. The molecule has 0 radical (unpaired) electrons. The Morgan fingerprint density at radius 2 is 1.55 bits per heavy atom. The van der Waals surface area contributed by atoms with Gasteiger partial charge in [0.2, 0.25) is 0 Å². The van der Waals surface area contributed by atoms with Crippen molar-refractivity contribution in [2.45, 2.75) is 0 Å². The second-order valence-corrected chi connectivity index (χ2v) is 7.45. The van der Waals surface area contributed by atoms with Gasteiger partial charge in [0.15, 0.2) is 17.3 Å². The van der Waals surface area contributed by atoms with Gasteiger partial charge in [-0.05, 0) is 36.4 Å². The summed E-state index contributed by atoms with van der Waals surface area (Å²) >= 11 is 0. The topological polar surface area (TPSA) is 89.1 Å². The highest BCUT2D eigenvalue weighted by Crippen LogP contribution is 2.30. The minimum absolute atomic E-state index is 0.153. The first kappa shape index (κ1) is 22.2. The molecular formula is C24H27N5O4. The molecule has 2 amide bonds. The highest BCUT2D eigenvalue weighted by Gasteiger charge is 2.22. The van der Waals surface area contributed by atoms with Gasteiger partial charge >= 0.3 is 6.03 Å². The molecule has 0 spiro atoms. The number of urea groups is 1. The zero-order chi connectivity index (χ0) is 23.2. The van der Waals surface area contributed by atoms with Crippen molar-refractivity contribution < 1.29 is 19.0 Å². The van der Waals surface area contributed by atoms with E-state index in [9.17, 15) is 4.79 Å². The molecule has 1 saturated heterocycles. The molecule has 1 aliphatic heterocycles. The number of carbonyl (C=O) groups is 1. The normalized spacial score (nSPS) is 13.4. The van der Waals surface area contributed by atoms with Crippen molar-refractivity contribution in [1.82, 2.24) is 15.1 Å². The lowest BCUT2D eigenvalue weighted by Gasteiger charge is -2.35. The van der Waals surface area contributed by atoms with Crippen molar-refractivity contribution >= 4 is 17.5 Å². The lowest BCUT2D eigenvalue weighted by atomic mass is 10.1. The van der Waals surface area contributed by atoms with Crippen LogP contribution in [0.4, 0.5) is 16.3 Å². The number of carbonyl (C=O) groups excluding carboxylic acids is 1. The molecule has 3 aromatic rings. The van der Waals surface area contributed by atoms with Crippen LogP contribution in [0.3, 0.4) is 0 Å². The zero-order valence-electron chi connectivity index (χ0n) is 18.9. The van der Waals surface area contributed by atoms with Crippen molar-refractivity contribution in [1.29, 1.82) is 0 Å². The first-order valence-corrected chi connectivity index (χ1v) is 10.6. The van der Waals surface area contributed by atoms with E-state index in [0.717, 1.165) is 22.8 Å². The SMILES string of the molecule is COc1ccc(NC(=O)N2CCN(c3ccc(-c4ccccc4OC)nn3)CC2)cc1OC. The summed E-state index contributed by atoms with van der Waals surface area (Å²) in [7, 11) is 4.78. The Hall–Kier alpha value is -4.01. The molecule has 2 aromatic carbocycles. The van der Waals surface area contributed by atoms with Gasteiger partial charge in [-0.3, -0.25) is 0 Å². The monoisotopic (exact) mass is 449 g/mol. The number of hydrogen-bond donors (Lipinski definition) is 1. The number of rotatable bonds is 6. The van der Waals surface area contributed by atoms with E-state index >= 15 is 0 Å². The maximum Gasteiger partial charge on any atom is 0.321 e. The van der Waals surface area contributed by atoms with Crippen LogP contribution in [0.1, 0.15) is 0 Å². The summed E-state index contributed by atoms with van der Waals surface area (Å²) in [6.45, 7) is 2.49. The Bertz CT molecular complexity index is 1100. The molecule has 0 atom stereocenters. The molecule has 172 valence electrons. The summed E-state index contributed by atoms with van der Waals surface area (Å²) in [5.41, 5.74) is 2.30. The number of methoxy groups -OCH3 is 3. The van der Waals surface area contributed by atoms with Crippen molar-refractivity contribution in [3.63, 3.8) is 0 Å². The number of para-hydroxylation sites is 1. The van der Waals surface area contributed by atoms with Gasteiger partial charge in [0.05, 0.1) is 27.0 Å². The fourth-order valence-electron chi connectivity index (χ4n) is 3.75. The molecular weight excluding hydrogens is 422 g/mol. The highest BCUT2D eigenvalue weighted by atomic mass is 16.5. The largest absolute Gasteiger partial charge is 0.496 e. The summed E-state index contributed by atoms with van der Waals surface area (Å²) in [4.78, 5) is 16.6.